The lowest BCUT2D eigenvalue weighted by Gasteiger charge is -2.22. The first kappa shape index (κ1) is 13.9. The molecule has 0 aliphatic heterocycles. The quantitative estimate of drug-likeness (QED) is 0.658. The van der Waals surface area contributed by atoms with E-state index in [1.54, 1.807) is 0 Å². The van der Waals surface area contributed by atoms with Gasteiger partial charge < -0.3 is 15.3 Å². The average Bonchev–Trinajstić information content (AvgIpc) is 2.83. The van der Waals surface area contributed by atoms with Crippen LogP contribution in [0.4, 0.5) is 0 Å². The van der Waals surface area contributed by atoms with Crippen LogP contribution in [0.2, 0.25) is 0 Å². The van der Waals surface area contributed by atoms with Crippen LogP contribution in [0.15, 0.2) is 0 Å². The Morgan fingerprint density at radius 3 is 2.38 bits per heavy atom. The van der Waals surface area contributed by atoms with E-state index in [0.717, 1.165) is 38.6 Å². The summed E-state index contributed by atoms with van der Waals surface area (Å²) in [6.07, 6.45) is 1.09. The zero-order valence-electron chi connectivity index (χ0n) is 11.3. The molecular formula is C13H28N2O. The van der Waals surface area contributed by atoms with Crippen molar-refractivity contribution in [2.24, 2.45) is 11.3 Å². The average molecular weight is 228 g/mol. The first-order valence-electron chi connectivity index (χ1n) is 6.60. The third-order valence-corrected chi connectivity index (χ3v) is 3.85. The lowest BCUT2D eigenvalue weighted by atomic mass is 10.1. The molecule has 0 radical (unpaired) electrons. The first-order valence-corrected chi connectivity index (χ1v) is 6.60. The molecule has 0 aromatic heterocycles. The van der Waals surface area contributed by atoms with E-state index >= 15 is 0 Å². The van der Waals surface area contributed by atoms with Gasteiger partial charge in [-0.25, -0.2) is 0 Å². The highest BCUT2D eigenvalue weighted by Gasteiger charge is 2.44. The van der Waals surface area contributed by atoms with Crippen molar-refractivity contribution < 1.29 is 5.11 Å². The van der Waals surface area contributed by atoms with Crippen LogP contribution in [-0.4, -0.2) is 48.8 Å². The Balaban J connectivity index is 2.04. The minimum Gasteiger partial charge on any atom is -0.390 e. The van der Waals surface area contributed by atoms with Crippen LogP contribution in [0.3, 0.4) is 0 Å². The summed E-state index contributed by atoms with van der Waals surface area (Å²) >= 11 is 0. The molecule has 1 aliphatic carbocycles. The predicted octanol–water partition coefficient (Wildman–Crippen LogP) is 1.32. The van der Waals surface area contributed by atoms with Gasteiger partial charge in [0.2, 0.25) is 0 Å². The third-order valence-electron chi connectivity index (χ3n) is 3.85. The minimum absolute atomic E-state index is 0.234. The van der Waals surface area contributed by atoms with Gasteiger partial charge in [0.25, 0.3) is 0 Å². The Hall–Kier alpha value is -0.120. The van der Waals surface area contributed by atoms with Crippen molar-refractivity contribution in [2.75, 3.05) is 32.7 Å². The van der Waals surface area contributed by atoms with Crippen LogP contribution in [0.5, 0.6) is 0 Å². The zero-order chi connectivity index (χ0) is 12.2. The van der Waals surface area contributed by atoms with Gasteiger partial charge in [-0.1, -0.05) is 27.7 Å². The Kier molecular flexibility index (Phi) is 5.22. The Morgan fingerprint density at radius 1 is 1.38 bits per heavy atom. The summed E-state index contributed by atoms with van der Waals surface area (Å²) in [5.74, 6) is 0.813. The van der Waals surface area contributed by atoms with Gasteiger partial charge in [0.05, 0.1) is 6.10 Å². The predicted molar refractivity (Wildman–Crippen MR) is 68.6 cm³/mol. The monoisotopic (exact) mass is 228 g/mol. The molecule has 0 amide bonds. The highest BCUT2D eigenvalue weighted by molar-refractivity contribution is 4.96. The number of rotatable bonds is 8. The SMILES string of the molecule is CCN(CC)CC(O)CNCC1CC1(C)C. The van der Waals surface area contributed by atoms with Crippen LogP contribution < -0.4 is 5.32 Å². The topological polar surface area (TPSA) is 35.5 Å². The second kappa shape index (κ2) is 5.99. The highest BCUT2D eigenvalue weighted by Crippen LogP contribution is 2.50. The summed E-state index contributed by atoms with van der Waals surface area (Å²) in [4.78, 5) is 2.26. The van der Waals surface area contributed by atoms with Crippen molar-refractivity contribution in [1.29, 1.82) is 0 Å². The van der Waals surface area contributed by atoms with Gasteiger partial charge in [-0.05, 0) is 37.4 Å². The standard InChI is InChI=1S/C13H28N2O/c1-5-15(6-2)10-12(16)9-14-8-11-7-13(11,3)4/h11-12,14,16H,5-10H2,1-4H3. The van der Waals surface area contributed by atoms with Gasteiger partial charge in [-0.3, -0.25) is 0 Å². The fraction of sp³-hybridized carbons (Fsp3) is 1.00. The molecule has 16 heavy (non-hydrogen) atoms. The van der Waals surface area contributed by atoms with Crippen molar-refractivity contribution in [1.82, 2.24) is 10.2 Å². The van der Waals surface area contributed by atoms with E-state index in [4.69, 9.17) is 0 Å². The van der Waals surface area contributed by atoms with E-state index in [-0.39, 0.29) is 6.10 Å². The molecule has 0 heterocycles. The van der Waals surface area contributed by atoms with Gasteiger partial charge in [0, 0.05) is 13.1 Å². The summed E-state index contributed by atoms with van der Waals surface area (Å²) < 4.78 is 0. The molecule has 0 bridgehead atoms. The lowest BCUT2D eigenvalue weighted by Crippen LogP contribution is -2.38. The van der Waals surface area contributed by atoms with Gasteiger partial charge >= 0.3 is 0 Å². The molecular weight excluding hydrogens is 200 g/mol. The second-order valence-corrected chi connectivity index (χ2v) is 5.69. The largest absolute Gasteiger partial charge is 0.390 e. The fourth-order valence-corrected chi connectivity index (χ4v) is 2.19. The molecule has 3 heteroatoms. The molecule has 0 saturated heterocycles. The van der Waals surface area contributed by atoms with E-state index in [2.05, 4.69) is 37.9 Å². The number of nitrogens with one attached hydrogen (secondary N) is 1. The summed E-state index contributed by atoms with van der Waals surface area (Å²) in [5.41, 5.74) is 0.539. The number of hydrogen-bond acceptors (Lipinski definition) is 3. The second-order valence-electron chi connectivity index (χ2n) is 5.69. The van der Waals surface area contributed by atoms with Crippen molar-refractivity contribution in [3.05, 3.63) is 0 Å². The van der Waals surface area contributed by atoms with Crippen molar-refractivity contribution in [2.45, 2.75) is 40.2 Å². The molecule has 2 unspecified atom stereocenters. The summed E-state index contributed by atoms with van der Waals surface area (Å²) in [6.45, 7) is 13.5. The number of hydrogen-bond donors (Lipinski definition) is 2. The molecule has 0 aromatic rings. The van der Waals surface area contributed by atoms with Gasteiger partial charge in [0.1, 0.15) is 0 Å². The maximum Gasteiger partial charge on any atom is 0.0791 e. The van der Waals surface area contributed by atoms with Crippen molar-refractivity contribution in [3.8, 4) is 0 Å². The number of aliphatic hydroxyl groups excluding tert-OH is 1. The summed E-state index contributed by atoms with van der Waals surface area (Å²) in [7, 11) is 0. The molecule has 1 saturated carbocycles. The zero-order valence-corrected chi connectivity index (χ0v) is 11.3. The summed E-state index contributed by atoms with van der Waals surface area (Å²) in [5, 5.41) is 13.2. The fourth-order valence-electron chi connectivity index (χ4n) is 2.19. The molecule has 2 N–H and O–H groups in total. The number of nitrogens with zero attached hydrogens (tertiary/aromatic N) is 1. The van der Waals surface area contributed by atoms with Crippen LogP contribution in [0.1, 0.15) is 34.1 Å². The molecule has 1 aliphatic rings. The van der Waals surface area contributed by atoms with Crippen molar-refractivity contribution >= 4 is 0 Å². The summed E-state index contributed by atoms with van der Waals surface area (Å²) in [6, 6.07) is 0. The minimum atomic E-state index is -0.234. The smallest absolute Gasteiger partial charge is 0.0791 e. The maximum absolute atomic E-state index is 9.84. The van der Waals surface area contributed by atoms with Gasteiger partial charge in [0.15, 0.2) is 0 Å². The maximum atomic E-state index is 9.84. The van der Waals surface area contributed by atoms with E-state index in [1.807, 2.05) is 0 Å². The number of likely N-dealkylation sites (N-methyl/N-ethyl adjacent to an activating group) is 1. The van der Waals surface area contributed by atoms with E-state index in [1.165, 1.54) is 6.42 Å². The molecule has 3 nitrogen and oxygen atoms in total. The molecule has 2 atom stereocenters. The Bertz CT molecular complexity index is 202. The van der Waals surface area contributed by atoms with Crippen LogP contribution in [0, 0.1) is 11.3 Å². The normalized spacial score (nSPS) is 24.8. The van der Waals surface area contributed by atoms with E-state index in [9.17, 15) is 5.11 Å². The highest BCUT2D eigenvalue weighted by atomic mass is 16.3. The first-order chi connectivity index (χ1) is 7.49. The molecule has 0 spiro atoms. The molecule has 96 valence electrons. The molecule has 1 rings (SSSR count). The Labute approximate surface area is 100 Å². The lowest BCUT2D eigenvalue weighted by molar-refractivity contribution is 0.116. The van der Waals surface area contributed by atoms with E-state index in [0.29, 0.717) is 5.41 Å². The van der Waals surface area contributed by atoms with Crippen LogP contribution in [0.25, 0.3) is 0 Å². The third kappa shape index (κ3) is 4.40. The van der Waals surface area contributed by atoms with Crippen molar-refractivity contribution in [3.63, 3.8) is 0 Å². The van der Waals surface area contributed by atoms with Crippen LogP contribution >= 0.6 is 0 Å². The number of aliphatic hydroxyl groups is 1. The van der Waals surface area contributed by atoms with Crippen LogP contribution in [-0.2, 0) is 0 Å². The molecule has 0 aromatic carbocycles. The Morgan fingerprint density at radius 2 is 1.94 bits per heavy atom. The van der Waals surface area contributed by atoms with Gasteiger partial charge in [-0.2, -0.15) is 0 Å². The van der Waals surface area contributed by atoms with Gasteiger partial charge in [-0.15, -0.1) is 0 Å². The molecule has 1 fully saturated rings. The van der Waals surface area contributed by atoms with E-state index < -0.39 is 0 Å².